The van der Waals surface area contributed by atoms with Gasteiger partial charge < -0.3 is 12.9 Å². The van der Waals surface area contributed by atoms with Gasteiger partial charge in [-0.25, -0.2) is 8.78 Å². The van der Waals surface area contributed by atoms with E-state index in [4.69, 9.17) is 11.6 Å². The fourth-order valence-corrected chi connectivity index (χ4v) is 1.12. The van der Waals surface area contributed by atoms with E-state index in [9.17, 15) is 21.7 Å². The van der Waals surface area contributed by atoms with Crippen molar-refractivity contribution in [3.8, 4) is 0 Å². The van der Waals surface area contributed by atoms with E-state index in [0.29, 0.717) is 12.1 Å². The Labute approximate surface area is 136 Å². The van der Waals surface area contributed by atoms with E-state index in [1.54, 1.807) is 0 Å². The van der Waals surface area contributed by atoms with Gasteiger partial charge in [-0.2, -0.15) is 0 Å². The van der Waals surface area contributed by atoms with Gasteiger partial charge in [0.25, 0.3) is 0 Å². The topological polar surface area (TPSA) is 0 Å². The molecule has 0 aliphatic rings. The largest absolute Gasteiger partial charge is 1.00 e. The number of halogens is 6. The Bertz CT molecular complexity index is 404. The summed E-state index contributed by atoms with van der Waals surface area (Å²) in [5, 5.41) is -0.661. The molecule has 0 unspecified atom stereocenters. The van der Waals surface area contributed by atoms with E-state index < -0.39 is 29.2 Å². The van der Waals surface area contributed by atoms with Gasteiger partial charge in [0, 0.05) is 5.56 Å². The maximum atomic E-state index is 12.9. The van der Waals surface area contributed by atoms with Gasteiger partial charge in [0.15, 0.2) is 0 Å². The molecule has 0 fully saturated rings. The first-order chi connectivity index (χ1) is 6.81. The molecule has 0 amide bonds. The average Bonchev–Trinajstić information content (AvgIpc) is 2.10. The van der Waals surface area contributed by atoms with Crippen LogP contribution in [0.15, 0.2) is 18.1 Å². The van der Waals surface area contributed by atoms with Crippen LogP contribution in [0.1, 0.15) is 5.56 Å². The molecule has 16 heavy (non-hydrogen) atoms. The Morgan fingerprint density at radius 2 is 1.56 bits per heavy atom. The average molecular weight is 280 g/mol. The molecule has 0 spiro atoms. The van der Waals surface area contributed by atoms with Gasteiger partial charge in [-0.15, -0.1) is 5.98 Å². The van der Waals surface area contributed by atoms with Gasteiger partial charge in [0.1, 0.15) is 11.6 Å². The monoisotopic (exact) mass is 280 g/mol. The van der Waals surface area contributed by atoms with Crippen molar-refractivity contribution in [2.24, 2.45) is 0 Å². The summed E-state index contributed by atoms with van der Waals surface area (Å²) in [5.74, 6) is -2.12. The standard InChI is InChI=1S/C8H4BClF5.K/c10-8-5(3-4-9(13,14)15)6(11)1-2-7(8)12;/h1-4H;/q-1;+1/b4-3+;. The molecule has 0 saturated carbocycles. The first kappa shape index (κ1) is 16.6. The Morgan fingerprint density at radius 3 is 2.06 bits per heavy atom. The first-order valence-corrected chi connectivity index (χ1v) is 4.22. The summed E-state index contributed by atoms with van der Waals surface area (Å²) in [5.41, 5.74) is -0.601. The summed E-state index contributed by atoms with van der Waals surface area (Å²) in [6.45, 7) is -5.20. The SMILES string of the molecule is Fc1ccc(F)c(/C=C/[B-](F)(F)F)c1Cl.[K+]. The van der Waals surface area contributed by atoms with E-state index in [0.717, 1.165) is 6.07 Å². The molecular weight excluding hydrogens is 276 g/mol. The molecule has 8 heteroatoms. The van der Waals surface area contributed by atoms with Crippen LogP contribution in [0.25, 0.3) is 6.08 Å². The summed E-state index contributed by atoms with van der Waals surface area (Å²) >= 11 is 5.30. The van der Waals surface area contributed by atoms with Gasteiger partial charge in [-0.05, 0) is 12.1 Å². The van der Waals surface area contributed by atoms with Crippen LogP contribution in [0.5, 0.6) is 0 Å². The van der Waals surface area contributed by atoms with E-state index in [1.165, 1.54) is 0 Å². The Hall–Kier alpha value is 0.601. The molecular formula is C8H4BClF5K. The summed E-state index contributed by atoms with van der Waals surface area (Å²) < 4.78 is 61.2. The van der Waals surface area contributed by atoms with Crippen molar-refractivity contribution in [1.82, 2.24) is 0 Å². The molecule has 0 saturated heterocycles. The number of hydrogen-bond acceptors (Lipinski definition) is 0. The van der Waals surface area contributed by atoms with E-state index in [2.05, 4.69) is 0 Å². The van der Waals surface area contributed by atoms with Crippen LogP contribution in [0, 0.1) is 11.6 Å². The second kappa shape index (κ2) is 6.51. The molecule has 0 aliphatic carbocycles. The zero-order valence-corrected chi connectivity index (χ0v) is 12.0. The fraction of sp³-hybridized carbons (Fsp3) is 0. The third kappa shape index (κ3) is 4.85. The van der Waals surface area contributed by atoms with E-state index >= 15 is 0 Å². The quantitative estimate of drug-likeness (QED) is 0.431. The van der Waals surface area contributed by atoms with Crippen LogP contribution in [-0.4, -0.2) is 6.98 Å². The minimum atomic E-state index is -5.20. The molecule has 1 rings (SSSR count). The van der Waals surface area contributed by atoms with Crippen LogP contribution in [0.4, 0.5) is 21.7 Å². The van der Waals surface area contributed by atoms with Gasteiger partial charge in [0.05, 0.1) is 5.02 Å². The second-order valence-electron chi connectivity index (χ2n) is 2.74. The fourth-order valence-electron chi connectivity index (χ4n) is 0.901. The predicted molar refractivity (Wildman–Crippen MR) is 49.5 cm³/mol. The molecule has 82 valence electrons. The molecule has 0 aromatic heterocycles. The normalized spacial score (nSPS) is 11.6. The van der Waals surface area contributed by atoms with Crippen molar-refractivity contribution in [1.29, 1.82) is 0 Å². The molecule has 0 nitrogen and oxygen atoms in total. The number of rotatable bonds is 2. The Morgan fingerprint density at radius 1 is 1.06 bits per heavy atom. The third-order valence-corrected chi connectivity index (χ3v) is 1.94. The zero-order chi connectivity index (χ0) is 11.6. The van der Waals surface area contributed by atoms with Crippen molar-refractivity contribution in [2.45, 2.75) is 0 Å². The minimum Gasteiger partial charge on any atom is -0.445 e. The summed E-state index contributed by atoms with van der Waals surface area (Å²) in [4.78, 5) is 0. The molecule has 1 aromatic rings. The van der Waals surface area contributed by atoms with Crippen molar-refractivity contribution in [3.63, 3.8) is 0 Å². The third-order valence-electron chi connectivity index (χ3n) is 1.56. The number of benzene rings is 1. The maximum absolute atomic E-state index is 12.9. The second-order valence-corrected chi connectivity index (χ2v) is 3.12. The maximum Gasteiger partial charge on any atom is 1.00 e. The minimum absolute atomic E-state index is 0. The number of hydrogen-bond donors (Lipinski definition) is 0. The van der Waals surface area contributed by atoms with Crippen LogP contribution >= 0.6 is 11.6 Å². The van der Waals surface area contributed by atoms with Crippen molar-refractivity contribution in [3.05, 3.63) is 40.3 Å². The van der Waals surface area contributed by atoms with E-state index in [-0.39, 0.29) is 57.4 Å². The summed E-state index contributed by atoms with van der Waals surface area (Å²) in [6.07, 6.45) is 0.417. The molecule has 0 atom stereocenters. The molecule has 1 aromatic carbocycles. The van der Waals surface area contributed by atoms with Gasteiger partial charge in [0.2, 0.25) is 0 Å². The first-order valence-electron chi connectivity index (χ1n) is 3.84. The Balaban J connectivity index is 0.00000225. The summed E-state index contributed by atoms with van der Waals surface area (Å²) in [7, 11) is 0. The van der Waals surface area contributed by atoms with Gasteiger partial charge in [-0.1, -0.05) is 17.7 Å². The van der Waals surface area contributed by atoms with Crippen molar-refractivity contribution >= 4 is 24.7 Å². The van der Waals surface area contributed by atoms with Crippen molar-refractivity contribution < 1.29 is 73.1 Å². The van der Waals surface area contributed by atoms with Crippen LogP contribution in [0.2, 0.25) is 5.02 Å². The van der Waals surface area contributed by atoms with E-state index in [1.807, 2.05) is 0 Å². The van der Waals surface area contributed by atoms with Crippen molar-refractivity contribution in [2.75, 3.05) is 0 Å². The summed E-state index contributed by atoms with van der Waals surface area (Å²) in [6, 6.07) is 1.46. The van der Waals surface area contributed by atoms with Crippen LogP contribution in [-0.2, 0) is 0 Å². The van der Waals surface area contributed by atoms with Gasteiger partial charge in [-0.3, -0.25) is 0 Å². The smallest absolute Gasteiger partial charge is 0.445 e. The molecule has 0 bridgehead atoms. The zero-order valence-electron chi connectivity index (χ0n) is 8.15. The van der Waals surface area contributed by atoms with Crippen LogP contribution < -0.4 is 51.4 Å². The molecule has 0 N–H and O–H groups in total. The molecule has 0 heterocycles. The van der Waals surface area contributed by atoms with Gasteiger partial charge >= 0.3 is 58.4 Å². The Kier molecular flexibility index (Phi) is 6.76. The molecule has 0 aliphatic heterocycles. The van der Waals surface area contributed by atoms with Crippen LogP contribution in [0.3, 0.4) is 0 Å². The predicted octanol–water partition coefficient (Wildman–Crippen LogP) is 1.02. The molecule has 0 radical (unpaired) electrons.